The zero-order valence-corrected chi connectivity index (χ0v) is 9.79. The van der Waals surface area contributed by atoms with Gasteiger partial charge in [0.2, 0.25) is 0 Å². The number of carbonyl (C=O) groups is 1. The van der Waals surface area contributed by atoms with Crippen molar-refractivity contribution in [3.63, 3.8) is 0 Å². The number of hydrogen-bond donors (Lipinski definition) is 0. The summed E-state index contributed by atoms with van der Waals surface area (Å²) < 4.78 is 0. The molecule has 0 saturated carbocycles. The van der Waals surface area contributed by atoms with Crippen molar-refractivity contribution < 1.29 is 4.79 Å². The minimum Gasteiger partial charge on any atom is -0.295 e. The highest BCUT2D eigenvalue weighted by Crippen LogP contribution is 2.21. The molecule has 1 heteroatoms. The van der Waals surface area contributed by atoms with Crippen LogP contribution >= 0.6 is 0 Å². The molecule has 0 saturated heterocycles. The van der Waals surface area contributed by atoms with E-state index in [0.717, 1.165) is 11.1 Å². The van der Waals surface area contributed by atoms with Gasteiger partial charge in [-0.15, -0.1) is 0 Å². The second-order valence-electron chi connectivity index (χ2n) is 4.28. The Morgan fingerprint density at radius 2 is 2.06 bits per heavy atom. The van der Waals surface area contributed by atoms with Crippen molar-refractivity contribution in [3.8, 4) is 0 Å². The Morgan fingerprint density at radius 1 is 1.31 bits per heavy atom. The van der Waals surface area contributed by atoms with Crippen LogP contribution in [0.15, 0.2) is 35.9 Å². The molecule has 16 heavy (non-hydrogen) atoms. The average molecular weight is 212 g/mol. The van der Waals surface area contributed by atoms with E-state index < -0.39 is 0 Å². The molecule has 0 amide bonds. The molecule has 0 bridgehead atoms. The predicted octanol–water partition coefficient (Wildman–Crippen LogP) is 3.93. The first-order valence-electron chi connectivity index (χ1n) is 5.65. The third-order valence-corrected chi connectivity index (χ3v) is 3.00. The Kier molecular flexibility index (Phi) is 3.04. The van der Waals surface area contributed by atoms with Gasteiger partial charge in [0, 0.05) is 5.56 Å². The summed E-state index contributed by atoms with van der Waals surface area (Å²) in [6.07, 6.45) is 8.87. The third-order valence-electron chi connectivity index (χ3n) is 3.00. The first kappa shape index (κ1) is 10.9. The predicted molar refractivity (Wildman–Crippen MR) is 67.5 cm³/mol. The number of rotatable bonds is 3. The number of hydrogen-bond acceptors (Lipinski definition) is 1. The van der Waals surface area contributed by atoms with Crippen LogP contribution in [0.1, 0.15) is 41.3 Å². The van der Waals surface area contributed by atoms with Crippen molar-refractivity contribution in [2.24, 2.45) is 0 Å². The van der Waals surface area contributed by atoms with Gasteiger partial charge in [0.25, 0.3) is 0 Å². The zero-order valence-electron chi connectivity index (χ0n) is 9.79. The van der Waals surface area contributed by atoms with Crippen LogP contribution in [-0.2, 0) is 0 Å². The number of aryl methyl sites for hydroxylation is 1. The Bertz CT molecular complexity index is 478. The lowest BCUT2D eigenvalue weighted by Crippen LogP contribution is -1.94. The molecule has 0 atom stereocenters. The Morgan fingerprint density at radius 3 is 2.62 bits per heavy atom. The minimum atomic E-state index is 0.123. The number of ketones is 1. The minimum absolute atomic E-state index is 0.123. The van der Waals surface area contributed by atoms with Gasteiger partial charge >= 0.3 is 0 Å². The average Bonchev–Trinajstić information content (AvgIpc) is 2.18. The summed E-state index contributed by atoms with van der Waals surface area (Å²) in [6, 6.07) is 5.86. The molecule has 0 heterocycles. The fourth-order valence-corrected chi connectivity index (χ4v) is 1.70. The number of benzene rings is 1. The van der Waals surface area contributed by atoms with E-state index in [2.05, 4.69) is 25.2 Å². The first-order chi connectivity index (χ1) is 7.66. The molecule has 0 aromatic heterocycles. The first-order valence-corrected chi connectivity index (χ1v) is 5.65. The monoisotopic (exact) mass is 212 g/mol. The lowest BCUT2D eigenvalue weighted by molar-refractivity contribution is 0.101. The molecule has 0 aliphatic heterocycles. The maximum absolute atomic E-state index is 11.3. The normalized spacial score (nSPS) is 14.8. The fraction of sp³-hybridized carbons (Fsp3) is 0.267. The van der Waals surface area contributed by atoms with Gasteiger partial charge in [0.15, 0.2) is 5.78 Å². The maximum Gasteiger partial charge on any atom is 0.159 e. The van der Waals surface area contributed by atoms with E-state index in [4.69, 9.17) is 0 Å². The van der Waals surface area contributed by atoms with Crippen molar-refractivity contribution in [1.29, 1.82) is 0 Å². The van der Waals surface area contributed by atoms with Gasteiger partial charge in [0.05, 0.1) is 0 Å². The molecule has 0 fully saturated rings. The van der Waals surface area contributed by atoms with Crippen molar-refractivity contribution in [1.82, 2.24) is 0 Å². The van der Waals surface area contributed by atoms with Crippen LogP contribution in [0.4, 0.5) is 0 Å². The van der Waals surface area contributed by atoms with Gasteiger partial charge in [-0.3, -0.25) is 4.79 Å². The second-order valence-corrected chi connectivity index (χ2v) is 4.28. The topological polar surface area (TPSA) is 17.1 Å². The van der Waals surface area contributed by atoms with Crippen LogP contribution in [0.25, 0.3) is 6.08 Å². The lowest BCUT2D eigenvalue weighted by atomic mass is 9.96. The maximum atomic E-state index is 11.3. The zero-order chi connectivity index (χ0) is 11.5. The van der Waals surface area contributed by atoms with E-state index in [0.29, 0.717) is 0 Å². The van der Waals surface area contributed by atoms with Crippen LogP contribution in [0.2, 0.25) is 0 Å². The molecule has 0 unspecified atom stereocenters. The van der Waals surface area contributed by atoms with E-state index in [1.165, 1.54) is 24.0 Å². The summed E-state index contributed by atoms with van der Waals surface area (Å²) in [5.41, 5.74) is 4.53. The Hall–Kier alpha value is -1.63. The number of Topliss-reactive ketones (excluding diaryl/α,β-unsaturated/α-hetero) is 1. The molecule has 82 valence electrons. The van der Waals surface area contributed by atoms with Crippen LogP contribution in [0.5, 0.6) is 0 Å². The second kappa shape index (κ2) is 4.48. The largest absolute Gasteiger partial charge is 0.295 e. The molecule has 1 aromatic carbocycles. The molecule has 0 N–H and O–H groups in total. The Labute approximate surface area is 96.5 Å². The smallest absolute Gasteiger partial charge is 0.159 e. The van der Waals surface area contributed by atoms with Gasteiger partial charge in [-0.25, -0.2) is 0 Å². The Balaban J connectivity index is 2.28. The third kappa shape index (κ3) is 2.30. The van der Waals surface area contributed by atoms with E-state index in [9.17, 15) is 4.79 Å². The molecule has 1 aliphatic carbocycles. The SMILES string of the molecule is CC(=O)c1ccc(C)c(/C=C/C2=CCC2)c1. The lowest BCUT2D eigenvalue weighted by Gasteiger charge is -2.09. The van der Waals surface area contributed by atoms with Crippen molar-refractivity contribution in [2.45, 2.75) is 26.7 Å². The summed E-state index contributed by atoms with van der Waals surface area (Å²) in [5, 5.41) is 0. The summed E-state index contributed by atoms with van der Waals surface area (Å²) in [4.78, 5) is 11.3. The highest BCUT2D eigenvalue weighted by Gasteiger charge is 2.03. The molecule has 1 aromatic rings. The number of allylic oxidation sites excluding steroid dienone is 3. The highest BCUT2D eigenvalue weighted by atomic mass is 16.1. The van der Waals surface area contributed by atoms with Crippen LogP contribution < -0.4 is 0 Å². The van der Waals surface area contributed by atoms with Gasteiger partial charge in [0.1, 0.15) is 0 Å². The van der Waals surface area contributed by atoms with Crippen molar-refractivity contribution in [2.75, 3.05) is 0 Å². The summed E-state index contributed by atoms with van der Waals surface area (Å²) in [5.74, 6) is 0.123. The molecule has 1 aliphatic rings. The van der Waals surface area contributed by atoms with Gasteiger partial charge < -0.3 is 0 Å². The molecule has 0 radical (unpaired) electrons. The van der Waals surface area contributed by atoms with Crippen molar-refractivity contribution in [3.05, 3.63) is 52.6 Å². The van der Waals surface area contributed by atoms with E-state index in [1.807, 2.05) is 18.2 Å². The summed E-state index contributed by atoms with van der Waals surface area (Å²) in [6.45, 7) is 3.67. The quantitative estimate of drug-likeness (QED) is 0.694. The van der Waals surface area contributed by atoms with Gasteiger partial charge in [-0.1, -0.05) is 35.9 Å². The summed E-state index contributed by atoms with van der Waals surface area (Å²) in [7, 11) is 0. The number of carbonyl (C=O) groups excluding carboxylic acids is 1. The molecule has 1 nitrogen and oxygen atoms in total. The van der Waals surface area contributed by atoms with E-state index in [1.54, 1.807) is 6.92 Å². The van der Waals surface area contributed by atoms with Crippen molar-refractivity contribution >= 4 is 11.9 Å². The fourth-order valence-electron chi connectivity index (χ4n) is 1.70. The molecule has 0 spiro atoms. The standard InChI is InChI=1S/C15H16O/c1-11-6-8-15(12(2)16)10-14(11)9-7-13-4-3-5-13/h4,6-10H,3,5H2,1-2H3/b9-7+. The highest BCUT2D eigenvalue weighted by molar-refractivity contribution is 5.94. The van der Waals surface area contributed by atoms with Gasteiger partial charge in [-0.05, 0) is 43.9 Å². The molecule has 2 rings (SSSR count). The van der Waals surface area contributed by atoms with Crippen LogP contribution in [0, 0.1) is 6.92 Å². The van der Waals surface area contributed by atoms with Crippen LogP contribution in [0.3, 0.4) is 0 Å². The van der Waals surface area contributed by atoms with E-state index >= 15 is 0 Å². The van der Waals surface area contributed by atoms with Gasteiger partial charge in [-0.2, -0.15) is 0 Å². The van der Waals surface area contributed by atoms with Crippen LogP contribution in [-0.4, -0.2) is 5.78 Å². The molecular formula is C15H16O. The molecular weight excluding hydrogens is 196 g/mol. The summed E-state index contributed by atoms with van der Waals surface area (Å²) >= 11 is 0. The van der Waals surface area contributed by atoms with E-state index in [-0.39, 0.29) is 5.78 Å².